The highest BCUT2D eigenvalue weighted by Crippen LogP contribution is 2.16. The lowest BCUT2D eigenvalue weighted by Crippen LogP contribution is -2.23. The van der Waals surface area contributed by atoms with Gasteiger partial charge in [0.15, 0.2) is 0 Å². The van der Waals surface area contributed by atoms with Crippen molar-refractivity contribution in [2.45, 2.75) is 11.4 Å². The Morgan fingerprint density at radius 2 is 1.90 bits per heavy atom. The molecule has 0 aliphatic carbocycles. The molecule has 8 nitrogen and oxygen atoms in total. The van der Waals surface area contributed by atoms with Crippen LogP contribution in [0.4, 0.5) is 5.69 Å². The van der Waals surface area contributed by atoms with Gasteiger partial charge in [0.25, 0.3) is 5.91 Å². The minimum Gasteiger partial charge on any atom is -0.475 e. The molecule has 0 fully saturated rings. The Morgan fingerprint density at radius 1 is 1.10 bits per heavy atom. The SMILES string of the molecule is COCCOc1ccc(NC(=O)c2ccc(S(=O)(=O)NCc3cccs3)cc2)cn1. The Balaban J connectivity index is 1.58. The summed E-state index contributed by atoms with van der Waals surface area (Å²) in [6.07, 6.45) is 1.48. The molecule has 0 aliphatic rings. The fourth-order valence-corrected chi connectivity index (χ4v) is 4.16. The van der Waals surface area contributed by atoms with E-state index in [1.54, 1.807) is 19.2 Å². The van der Waals surface area contributed by atoms with E-state index < -0.39 is 10.0 Å². The summed E-state index contributed by atoms with van der Waals surface area (Å²) in [7, 11) is -2.08. The average Bonchev–Trinajstić information content (AvgIpc) is 3.28. The molecule has 3 aromatic rings. The van der Waals surface area contributed by atoms with Crippen LogP contribution in [0.2, 0.25) is 0 Å². The number of hydrogen-bond donors (Lipinski definition) is 2. The average molecular weight is 448 g/mol. The molecule has 0 bridgehead atoms. The number of benzene rings is 1. The van der Waals surface area contributed by atoms with Crippen molar-refractivity contribution in [1.82, 2.24) is 9.71 Å². The minimum absolute atomic E-state index is 0.0924. The number of ether oxygens (including phenoxy) is 2. The molecule has 2 N–H and O–H groups in total. The Hall–Kier alpha value is -2.79. The molecule has 0 saturated heterocycles. The first kappa shape index (κ1) is 21.9. The molecule has 2 heterocycles. The Bertz CT molecular complexity index is 1050. The maximum atomic E-state index is 12.4. The Labute approximate surface area is 178 Å². The molecule has 0 saturated carbocycles. The molecule has 0 atom stereocenters. The topological polar surface area (TPSA) is 107 Å². The van der Waals surface area contributed by atoms with Gasteiger partial charge in [-0.3, -0.25) is 4.79 Å². The second-order valence-electron chi connectivity index (χ2n) is 6.11. The van der Waals surface area contributed by atoms with Crippen molar-refractivity contribution in [1.29, 1.82) is 0 Å². The molecule has 1 aromatic carbocycles. The number of methoxy groups -OCH3 is 1. The number of carbonyl (C=O) groups is 1. The molecule has 158 valence electrons. The lowest BCUT2D eigenvalue weighted by Gasteiger charge is -2.09. The van der Waals surface area contributed by atoms with E-state index in [1.165, 1.54) is 41.8 Å². The summed E-state index contributed by atoms with van der Waals surface area (Å²) >= 11 is 1.47. The fourth-order valence-electron chi connectivity index (χ4n) is 2.42. The third-order valence-corrected chi connectivity index (χ3v) is 6.27. The summed E-state index contributed by atoms with van der Waals surface area (Å²) in [5, 5.41) is 4.59. The van der Waals surface area contributed by atoms with Gasteiger partial charge >= 0.3 is 0 Å². The first-order valence-corrected chi connectivity index (χ1v) is 11.4. The monoisotopic (exact) mass is 447 g/mol. The molecule has 0 radical (unpaired) electrons. The van der Waals surface area contributed by atoms with Crippen LogP contribution in [0.25, 0.3) is 0 Å². The standard InChI is InChI=1S/C20H21N3O5S2/c1-27-10-11-28-19-9-6-16(13-21-19)23-20(24)15-4-7-18(8-5-15)30(25,26)22-14-17-3-2-12-29-17/h2-9,12-13,22H,10-11,14H2,1H3,(H,23,24). The smallest absolute Gasteiger partial charge is 0.255 e. The summed E-state index contributed by atoms with van der Waals surface area (Å²) in [5.41, 5.74) is 0.820. The van der Waals surface area contributed by atoms with E-state index in [2.05, 4.69) is 15.0 Å². The van der Waals surface area contributed by atoms with Crippen LogP contribution in [-0.2, 0) is 21.3 Å². The number of pyridine rings is 1. The van der Waals surface area contributed by atoms with Gasteiger partial charge in [-0.2, -0.15) is 0 Å². The quantitative estimate of drug-likeness (QED) is 0.463. The Kier molecular flexibility index (Phi) is 7.52. The summed E-state index contributed by atoms with van der Waals surface area (Å²) in [4.78, 5) is 17.5. The van der Waals surface area contributed by atoms with Crippen LogP contribution in [0.15, 0.2) is 65.0 Å². The maximum Gasteiger partial charge on any atom is 0.255 e. The fraction of sp³-hybridized carbons (Fsp3) is 0.200. The van der Waals surface area contributed by atoms with Crippen LogP contribution >= 0.6 is 11.3 Å². The van der Waals surface area contributed by atoms with Crippen LogP contribution in [-0.4, -0.2) is 39.6 Å². The predicted octanol–water partition coefficient (Wildman–Crippen LogP) is 2.90. The molecule has 0 unspecified atom stereocenters. The van der Waals surface area contributed by atoms with Crippen molar-refractivity contribution >= 4 is 33.0 Å². The van der Waals surface area contributed by atoms with E-state index in [1.807, 2.05) is 17.5 Å². The van der Waals surface area contributed by atoms with Crippen LogP contribution in [0.5, 0.6) is 5.88 Å². The van der Waals surface area contributed by atoms with Gasteiger partial charge in [-0.05, 0) is 41.8 Å². The zero-order chi connectivity index (χ0) is 21.4. The van der Waals surface area contributed by atoms with E-state index in [4.69, 9.17) is 9.47 Å². The first-order chi connectivity index (χ1) is 14.5. The second kappa shape index (κ2) is 10.3. The number of sulfonamides is 1. The number of thiophene rings is 1. The number of anilines is 1. The number of nitrogens with one attached hydrogen (secondary N) is 2. The zero-order valence-electron chi connectivity index (χ0n) is 16.2. The van der Waals surface area contributed by atoms with Gasteiger partial charge in [0.05, 0.1) is 23.4 Å². The number of rotatable bonds is 10. The van der Waals surface area contributed by atoms with Crippen LogP contribution in [0.1, 0.15) is 15.2 Å². The summed E-state index contributed by atoms with van der Waals surface area (Å²) in [5.74, 6) is 0.0509. The normalized spacial score (nSPS) is 11.2. The highest BCUT2D eigenvalue weighted by atomic mass is 32.2. The summed E-state index contributed by atoms with van der Waals surface area (Å²) < 4.78 is 37.6. The van der Waals surface area contributed by atoms with Crippen molar-refractivity contribution in [3.05, 3.63) is 70.5 Å². The van der Waals surface area contributed by atoms with E-state index in [0.717, 1.165) is 4.88 Å². The number of amides is 1. The molecule has 2 aromatic heterocycles. The second-order valence-corrected chi connectivity index (χ2v) is 8.91. The molecule has 1 amide bonds. The Morgan fingerprint density at radius 3 is 2.53 bits per heavy atom. The van der Waals surface area contributed by atoms with Crippen molar-refractivity contribution in [3.63, 3.8) is 0 Å². The number of hydrogen-bond acceptors (Lipinski definition) is 7. The van der Waals surface area contributed by atoms with Crippen molar-refractivity contribution in [3.8, 4) is 5.88 Å². The van der Waals surface area contributed by atoms with Gasteiger partial charge in [0.1, 0.15) is 6.61 Å². The molecular weight excluding hydrogens is 426 g/mol. The highest BCUT2D eigenvalue weighted by Gasteiger charge is 2.15. The van der Waals surface area contributed by atoms with E-state index in [-0.39, 0.29) is 17.3 Å². The molecular formula is C20H21N3O5S2. The van der Waals surface area contributed by atoms with Crippen molar-refractivity contribution in [2.24, 2.45) is 0 Å². The van der Waals surface area contributed by atoms with Gasteiger partial charge in [0.2, 0.25) is 15.9 Å². The van der Waals surface area contributed by atoms with Crippen LogP contribution in [0, 0.1) is 0 Å². The van der Waals surface area contributed by atoms with Gasteiger partial charge in [-0.1, -0.05) is 6.07 Å². The number of aromatic nitrogens is 1. The van der Waals surface area contributed by atoms with E-state index in [9.17, 15) is 13.2 Å². The van der Waals surface area contributed by atoms with E-state index in [0.29, 0.717) is 30.3 Å². The van der Waals surface area contributed by atoms with Crippen LogP contribution < -0.4 is 14.8 Å². The molecule has 0 aliphatic heterocycles. The van der Waals surface area contributed by atoms with Crippen molar-refractivity contribution < 1.29 is 22.7 Å². The predicted molar refractivity (Wildman–Crippen MR) is 114 cm³/mol. The minimum atomic E-state index is -3.66. The molecule has 3 rings (SSSR count). The van der Waals surface area contributed by atoms with Gasteiger partial charge in [-0.25, -0.2) is 18.1 Å². The third kappa shape index (κ3) is 6.10. The van der Waals surface area contributed by atoms with Gasteiger partial charge in [0, 0.05) is 30.2 Å². The molecule has 10 heteroatoms. The number of nitrogens with zero attached hydrogens (tertiary/aromatic N) is 1. The third-order valence-electron chi connectivity index (χ3n) is 3.97. The van der Waals surface area contributed by atoms with Gasteiger partial charge in [-0.15, -0.1) is 11.3 Å². The van der Waals surface area contributed by atoms with Crippen LogP contribution in [0.3, 0.4) is 0 Å². The summed E-state index contributed by atoms with van der Waals surface area (Å²) in [6.45, 7) is 1.06. The van der Waals surface area contributed by atoms with Gasteiger partial charge < -0.3 is 14.8 Å². The highest BCUT2D eigenvalue weighted by molar-refractivity contribution is 7.89. The zero-order valence-corrected chi connectivity index (χ0v) is 17.8. The largest absolute Gasteiger partial charge is 0.475 e. The number of carbonyl (C=O) groups excluding carboxylic acids is 1. The first-order valence-electron chi connectivity index (χ1n) is 8.99. The lowest BCUT2D eigenvalue weighted by molar-refractivity contribution is 0.102. The summed E-state index contributed by atoms with van der Waals surface area (Å²) in [6, 6.07) is 12.7. The lowest BCUT2D eigenvalue weighted by atomic mass is 10.2. The molecule has 30 heavy (non-hydrogen) atoms. The van der Waals surface area contributed by atoms with E-state index >= 15 is 0 Å². The maximum absolute atomic E-state index is 12.4. The van der Waals surface area contributed by atoms with Crippen molar-refractivity contribution in [2.75, 3.05) is 25.6 Å². The molecule has 0 spiro atoms.